The molecule has 134 valence electrons. The molecule has 5 heteroatoms. The van der Waals surface area contributed by atoms with Gasteiger partial charge in [-0.3, -0.25) is 4.79 Å². The van der Waals surface area contributed by atoms with Crippen LogP contribution in [0, 0.1) is 0 Å². The monoisotopic (exact) mass is 370 g/mol. The van der Waals surface area contributed by atoms with Crippen molar-refractivity contribution in [3.05, 3.63) is 33.8 Å². The Hall–Kier alpha value is -1.06. The number of halogens is 2. The summed E-state index contributed by atoms with van der Waals surface area (Å²) in [6, 6.07) is 4.77. The fourth-order valence-corrected chi connectivity index (χ4v) is 2.94. The Morgan fingerprint density at radius 3 is 2.29 bits per heavy atom. The molecule has 0 saturated carbocycles. The van der Waals surface area contributed by atoms with Gasteiger partial charge >= 0.3 is 0 Å². The highest BCUT2D eigenvalue weighted by Gasteiger charge is 2.09. The van der Waals surface area contributed by atoms with Crippen molar-refractivity contribution >= 4 is 35.3 Å². The van der Waals surface area contributed by atoms with Gasteiger partial charge in [0.2, 0.25) is 0 Å². The molecule has 1 aromatic rings. The van der Waals surface area contributed by atoms with Gasteiger partial charge in [-0.1, -0.05) is 81.5 Å². The zero-order chi connectivity index (χ0) is 17.6. The summed E-state index contributed by atoms with van der Waals surface area (Å²) in [7, 11) is 0. The quantitative estimate of drug-likeness (QED) is 0.250. The second-order valence-electron chi connectivity index (χ2n) is 5.99. The molecule has 0 aliphatic heterocycles. The van der Waals surface area contributed by atoms with Gasteiger partial charge in [0, 0.05) is 11.2 Å². The minimum atomic E-state index is -0.319. The zero-order valence-corrected chi connectivity index (χ0v) is 16.0. The maximum absolute atomic E-state index is 11.9. The fourth-order valence-electron chi connectivity index (χ4n) is 2.45. The van der Waals surface area contributed by atoms with Crippen molar-refractivity contribution in [2.45, 2.75) is 71.1 Å². The molecule has 0 atom stereocenters. The molecule has 0 fully saturated rings. The van der Waals surface area contributed by atoms with Crippen molar-refractivity contribution in [3.8, 4) is 0 Å². The largest absolute Gasteiger partial charge is 0.272 e. The molecule has 0 spiro atoms. The first-order valence-electron chi connectivity index (χ1n) is 8.92. The molecule has 1 N–H and O–H groups in total. The van der Waals surface area contributed by atoms with Crippen molar-refractivity contribution in [1.29, 1.82) is 0 Å². The van der Waals surface area contributed by atoms with Crippen LogP contribution in [0.5, 0.6) is 0 Å². The van der Waals surface area contributed by atoms with Gasteiger partial charge in [-0.05, 0) is 31.0 Å². The van der Waals surface area contributed by atoms with E-state index in [1.54, 1.807) is 24.4 Å². The first kappa shape index (κ1) is 21.0. The minimum absolute atomic E-state index is 0.319. The smallest absolute Gasteiger partial charge is 0.267 e. The van der Waals surface area contributed by atoms with Crippen molar-refractivity contribution in [2.24, 2.45) is 5.10 Å². The van der Waals surface area contributed by atoms with Crippen molar-refractivity contribution in [3.63, 3.8) is 0 Å². The van der Waals surface area contributed by atoms with Gasteiger partial charge in [0.1, 0.15) is 0 Å². The number of hydrazone groups is 1. The lowest BCUT2D eigenvalue weighted by atomic mass is 10.1. The van der Waals surface area contributed by atoms with E-state index in [2.05, 4.69) is 17.5 Å². The third kappa shape index (κ3) is 9.29. The highest BCUT2D eigenvalue weighted by molar-refractivity contribution is 6.36. The molecular formula is C19H28Cl2N2O. The van der Waals surface area contributed by atoms with Crippen molar-refractivity contribution < 1.29 is 4.79 Å². The molecular weight excluding hydrogens is 343 g/mol. The number of benzene rings is 1. The molecule has 1 aromatic carbocycles. The van der Waals surface area contributed by atoms with Gasteiger partial charge in [-0.25, -0.2) is 5.43 Å². The third-order valence-electron chi connectivity index (χ3n) is 3.87. The minimum Gasteiger partial charge on any atom is -0.267 e. The summed E-state index contributed by atoms with van der Waals surface area (Å²) in [5.41, 5.74) is 2.87. The molecule has 24 heavy (non-hydrogen) atoms. The van der Waals surface area contributed by atoms with Gasteiger partial charge in [0.05, 0.1) is 10.6 Å². The lowest BCUT2D eigenvalue weighted by molar-refractivity contribution is 0.0955. The highest BCUT2D eigenvalue weighted by atomic mass is 35.5. The SMILES string of the molecule is CCCCCCCCCCC/C=N/NC(=O)c1ccc(Cl)cc1Cl. The predicted octanol–water partition coefficient (Wildman–Crippen LogP) is 6.63. The van der Waals surface area contributed by atoms with E-state index in [1.807, 2.05) is 0 Å². The lowest BCUT2D eigenvalue weighted by Gasteiger charge is -2.03. The van der Waals surface area contributed by atoms with E-state index < -0.39 is 0 Å². The van der Waals surface area contributed by atoms with Crippen LogP contribution >= 0.6 is 23.2 Å². The summed E-state index contributed by atoms with van der Waals surface area (Å²) in [5, 5.41) is 4.80. The normalized spacial score (nSPS) is 11.1. The molecule has 0 bridgehead atoms. The standard InChI is InChI=1S/C19H28Cl2N2O/c1-2-3-4-5-6-7-8-9-10-11-14-22-23-19(24)17-13-12-16(20)15-18(17)21/h12-15H,2-11H2,1H3,(H,23,24)/b22-14+. The van der Waals surface area contributed by atoms with E-state index in [-0.39, 0.29) is 5.91 Å². The summed E-state index contributed by atoms with van der Waals surface area (Å²) < 4.78 is 0. The van der Waals surface area contributed by atoms with Crippen LogP contribution in [0.4, 0.5) is 0 Å². The zero-order valence-electron chi connectivity index (χ0n) is 14.5. The Morgan fingerprint density at radius 2 is 1.67 bits per heavy atom. The Kier molecular flexibility index (Phi) is 11.6. The van der Waals surface area contributed by atoms with Gasteiger partial charge in [0.15, 0.2) is 0 Å². The third-order valence-corrected chi connectivity index (χ3v) is 4.42. The molecule has 0 aliphatic rings. The molecule has 0 aliphatic carbocycles. The number of hydrogen-bond acceptors (Lipinski definition) is 2. The maximum Gasteiger partial charge on any atom is 0.272 e. The average Bonchev–Trinajstić information content (AvgIpc) is 2.55. The van der Waals surface area contributed by atoms with Gasteiger partial charge < -0.3 is 0 Å². The summed E-state index contributed by atoms with van der Waals surface area (Å²) in [6.07, 6.45) is 14.3. The Balaban J connectivity index is 2.06. The number of nitrogens with zero attached hydrogens (tertiary/aromatic N) is 1. The van der Waals surface area contributed by atoms with E-state index >= 15 is 0 Å². The van der Waals surface area contributed by atoms with Crippen LogP contribution in [0.2, 0.25) is 10.0 Å². The molecule has 0 radical (unpaired) electrons. The molecule has 0 heterocycles. The second-order valence-corrected chi connectivity index (χ2v) is 6.84. The van der Waals surface area contributed by atoms with Crippen molar-refractivity contribution in [2.75, 3.05) is 0 Å². The maximum atomic E-state index is 11.9. The number of amides is 1. The number of hydrogen-bond donors (Lipinski definition) is 1. The highest BCUT2D eigenvalue weighted by Crippen LogP contribution is 2.20. The predicted molar refractivity (Wildman–Crippen MR) is 104 cm³/mol. The Morgan fingerprint density at radius 1 is 1.04 bits per heavy atom. The van der Waals surface area contributed by atoms with Gasteiger partial charge in [-0.15, -0.1) is 0 Å². The van der Waals surface area contributed by atoms with Gasteiger partial charge in [0.25, 0.3) is 5.91 Å². The topological polar surface area (TPSA) is 41.5 Å². The number of carbonyl (C=O) groups excluding carboxylic acids is 1. The number of rotatable bonds is 12. The van der Waals surface area contributed by atoms with Crippen LogP contribution in [0.3, 0.4) is 0 Å². The van der Waals surface area contributed by atoms with Gasteiger partial charge in [-0.2, -0.15) is 5.10 Å². The number of carbonyl (C=O) groups is 1. The summed E-state index contributed by atoms with van der Waals surface area (Å²) in [5.74, 6) is -0.319. The average molecular weight is 371 g/mol. The number of unbranched alkanes of at least 4 members (excludes halogenated alkanes) is 9. The second kappa shape index (κ2) is 13.3. The van der Waals surface area contributed by atoms with Crippen LogP contribution in [-0.2, 0) is 0 Å². The molecule has 1 amide bonds. The van der Waals surface area contributed by atoms with Crippen LogP contribution in [0.1, 0.15) is 81.5 Å². The summed E-state index contributed by atoms with van der Waals surface area (Å²) in [4.78, 5) is 11.9. The van der Waals surface area contributed by atoms with E-state index in [1.165, 1.54) is 51.4 Å². The first-order valence-corrected chi connectivity index (χ1v) is 9.67. The van der Waals surface area contributed by atoms with E-state index in [0.29, 0.717) is 15.6 Å². The van der Waals surface area contributed by atoms with E-state index in [0.717, 1.165) is 12.8 Å². The molecule has 3 nitrogen and oxygen atoms in total. The van der Waals surface area contributed by atoms with E-state index in [9.17, 15) is 4.79 Å². The summed E-state index contributed by atoms with van der Waals surface area (Å²) in [6.45, 7) is 2.24. The number of nitrogens with one attached hydrogen (secondary N) is 1. The van der Waals surface area contributed by atoms with Crippen LogP contribution in [-0.4, -0.2) is 12.1 Å². The molecule has 0 saturated heterocycles. The molecule has 1 rings (SSSR count). The van der Waals surface area contributed by atoms with Crippen LogP contribution in [0.15, 0.2) is 23.3 Å². The van der Waals surface area contributed by atoms with Crippen molar-refractivity contribution in [1.82, 2.24) is 5.43 Å². The Labute approximate surface area is 155 Å². The van der Waals surface area contributed by atoms with E-state index in [4.69, 9.17) is 23.2 Å². The van der Waals surface area contributed by atoms with Crippen LogP contribution in [0.25, 0.3) is 0 Å². The first-order chi connectivity index (χ1) is 11.6. The van der Waals surface area contributed by atoms with Crippen LogP contribution < -0.4 is 5.43 Å². The molecule has 0 aromatic heterocycles. The summed E-state index contributed by atoms with van der Waals surface area (Å²) >= 11 is 11.8. The lowest BCUT2D eigenvalue weighted by Crippen LogP contribution is -2.17. The molecule has 0 unspecified atom stereocenters. The fraction of sp³-hybridized carbons (Fsp3) is 0.579. The Bertz CT molecular complexity index is 518.